The van der Waals surface area contributed by atoms with Gasteiger partial charge < -0.3 is 14.5 Å². The number of anilines is 1. The minimum atomic E-state index is 0.0392. The molecule has 2 heterocycles. The first kappa shape index (κ1) is 19.7. The number of aromatic nitrogens is 2. The maximum absolute atomic E-state index is 12.6. The highest BCUT2D eigenvalue weighted by atomic mass is 35.5. The van der Waals surface area contributed by atoms with Gasteiger partial charge in [-0.25, -0.2) is 4.98 Å². The normalized spacial score (nSPS) is 14.1. The molecule has 1 fully saturated rings. The molecule has 150 valence electrons. The van der Waals surface area contributed by atoms with E-state index in [0.717, 1.165) is 35.4 Å². The number of ether oxygens (including phenoxy) is 1. The number of halogens is 1. The van der Waals surface area contributed by atoms with Crippen molar-refractivity contribution < 1.29 is 9.53 Å². The Labute approximate surface area is 178 Å². The van der Waals surface area contributed by atoms with Crippen LogP contribution in [0.2, 0.25) is 5.02 Å². The van der Waals surface area contributed by atoms with Crippen LogP contribution in [0.5, 0.6) is 5.75 Å². The minimum Gasteiger partial charge on any atom is -0.497 e. The zero-order valence-electron chi connectivity index (χ0n) is 16.0. The average Bonchev–Trinajstić information content (AvgIpc) is 3.22. The van der Waals surface area contributed by atoms with Gasteiger partial charge in [0.25, 0.3) is 5.91 Å². The van der Waals surface area contributed by atoms with Gasteiger partial charge in [0.1, 0.15) is 11.6 Å². The monoisotopic (exact) mass is 428 g/mol. The predicted molar refractivity (Wildman–Crippen MR) is 115 cm³/mol. The van der Waals surface area contributed by atoms with Crippen molar-refractivity contribution in [3.63, 3.8) is 0 Å². The van der Waals surface area contributed by atoms with Gasteiger partial charge in [-0.3, -0.25) is 4.79 Å². The zero-order valence-corrected chi connectivity index (χ0v) is 17.6. The lowest BCUT2D eigenvalue weighted by atomic mass is 10.1. The Balaban J connectivity index is 1.35. The summed E-state index contributed by atoms with van der Waals surface area (Å²) in [6.45, 7) is 2.80. The molecule has 3 aromatic rings. The number of methoxy groups -OCH3 is 1. The SMILES string of the molecule is COc1cccc(Cc2nsc(N3CCN(C(=O)c4ccc(Cl)cc4)CC3)n2)c1. The summed E-state index contributed by atoms with van der Waals surface area (Å²) in [6, 6.07) is 15.0. The first-order chi connectivity index (χ1) is 14.1. The van der Waals surface area contributed by atoms with Crippen LogP contribution in [0, 0.1) is 0 Å². The van der Waals surface area contributed by atoms with Crippen LogP contribution in [0.4, 0.5) is 5.13 Å². The predicted octanol–water partition coefficient (Wildman–Crippen LogP) is 3.75. The molecule has 1 saturated heterocycles. The van der Waals surface area contributed by atoms with Crippen LogP contribution in [0.3, 0.4) is 0 Å². The van der Waals surface area contributed by atoms with Crippen molar-refractivity contribution in [2.75, 3.05) is 38.2 Å². The fourth-order valence-electron chi connectivity index (χ4n) is 3.29. The van der Waals surface area contributed by atoms with E-state index >= 15 is 0 Å². The van der Waals surface area contributed by atoms with Crippen molar-refractivity contribution in [1.82, 2.24) is 14.3 Å². The molecule has 0 atom stereocenters. The van der Waals surface area contributed by atoms with Crippen LogP contribution in [0.15, 0.2) is 48.5 Å². The van der Waals surface area contributed by atoms with E-state index in [1.165, 1.54) is 11.5 Å². The number of rotatable bonds is 5. The lowest BCUT2D eigenvalue weighted by molar-refractivity contribution is 0.0747. The van der Waals surface area contributed by atoms with E-state index in [2.05, 4.69) is 9.27 Å². The van der Waals surface area contributed by atoms with Gasteiger partial charge in [0.15, 0.2) is 0 Å². The van der Waals surface area contributed by atoms with Crippen LogP contribution < -0.4 is 9.64 Å². The van der Waals surface area contributed by atoms with Crippen LogP contribution >= 0.6 is 23.1 Å². The maximum Gasteiger partial charge on any atom is 0.253 e. The number of amides is 1. The maximum atomic E-state index is 12.6. The molecular weight excluding hydrogens is 408 g/mol. The van der Waals surface area contributed by atoms with Crippen molar-refractivity contribution in [2.24, 2.45) is 0 Å². The van der Waals surface area contributed by atoms with Crippen molar-refractivity contribution in [3.05, 3.63) is 70.5 Å². The summed E-state index contributed by atoms with van der Waals surface area (Å²) in [5.74, 6) is 1.68. The molecule has 4 rings (SSSR count). The Morgan fingerprint density at radius 2 is 1.90 bits per heavy atom. The number of hydrogen-bond donors (Lipinski definition) is 0. The molecule has 1 aliphatic rings. The van der Waals surface area contributed by atoms with Crippen LogP contribution in [0.1, 0.15) is 21.7 Å². The van der Waals surface area contributed by atoms with Gasteiger partial charge >= 0.3 is 0 Å². The Hall–Kier alpha value is -2.64. The third-order valence-corrected chi connectivity index (χ3v) is 5.95. The van der Waals surface area contributed by atoms with E-state index in [9.17, 15) is 4.79 Å². The highest BCUT2D eigenvalue weighted by molar-refractivity contribution is 7.09. The molecule has 0 spiro atoms. The smallest absolute Gasteiger partial charge is 0.253 e. The summed E-state index contributed by atoms with van der Waals surface area (Å²) in [6.07, 6.45) is 0.669. The Morgan fingerprint density at radius 3 is 2.62 bits per heavy atom. The third-order valence-electron chi connectivity index (χ3n) is 4.88. The Kier molecular flexibility index (Phi) is 5.97. The van der Waals surface area contributed by atoms with Crippen molar-refractivity contribution in [3.8, 4) is 5.75 Å². The summed E-state index contributed by atoms with van der Waals surface area (Å²) in [5, 5.41) is 1.54. The standard InChI is InChI=1S/C21H21ClN4O2S/c1-28-18-4-2-3-15(13-18)14-19-23-21(29-24-19)26-11-9-25(10-12-26)20(27)16-5-7-17(22)8-6-16/h2-8,13H,9-12,14H2,1H3. The second-order valence-electron chi connectivity index (χ2n) is 6.81. The number of nitrogens with zero attached hydrogens (tertiary/aromatic N) is 4. The summed E-state index contributed by atoms with van der Waals surface area (Å²) in [4.78, 5) is 21.4. The fraction of sp³-hybridized carbons (Fsp3) is 0.286. The van der Waals surface area contributed by atoms with E-state index in [-0.39, 0.29) is 5.91 Å². The highest BCUT2D eigenvalue weighted by Crippen LogP contribution is 2.22. The van der Waals surface area contributed by atoms with Gasteiger partial charge in [0.2, 0.25) is 5.13 Å². The largest absolute Gasteiger partial charge is 0.497 e. The van der Waals surface area contributed by atoms with Gasteiger partial charge in [0, 0.05) is 54.7 Å². The quantitative estimate of drug-likeness (QED) is 0.619. The van der Waals surface area contributed by atoms with Gasteiger partial charge in [-0.05, 0) is 42.0 Å². The van der Waals surface area contributed by atoms with E-state index in [1.54, 1.807) is 31.4 Å². The van der Waals surface area contributed by atoms with E-state index < -0.39 is 0 Å². The molecule has 0 N–H and O–H groups in total. The molecule has 0 saturated carbocycles. The molecule has 8 heteroatoms. The van der Waals surface area contributed by atoms with Gasteiger partial charge in [-0.2, -0.15) is 4.37 Å². The van der Waals surface area contributed by atoms with Crippen LogP contribution in [0.25, 0.3) is 0 Å². The lowest BCUT2D eigenvalue weighted by Crippen LogP contribution is -2.48. The molecule has 1 aliphatic heterocycles. The molecule has 2 aromatic carbocycles. The summed E-state index contributed by atoms with van der Waals surface area (Å²) < 4.78 is 9.78. The van der Waals surface area contributed by atoms with Crippen molar-refractivity contribution >= 4 is 34.2 Å². The van der Waals surface area contributed by atoms with Gasteiger partial charge in [0.05, 0.1) is 7.11 Å². The summed E-state index contributed by atoms with van der Waals surface area (Å²) in [5.41, 5.74) is 1.78. The molecular formula is C21H21ClN4O2S. The third kappa shape index (κ3) is 4.68. The number of benzene rings is 2. The molecule has 0 radical (unpaired) electrons. The number of piperazine rings is 1. The molecule has 0 bridgehead atoms. The van der Waals surface area contributed by atoms with Crippen molar-refractivity contribution in [1.29, 1.82) is 0 Å². The second-order valence-corrected chi connectivity index (χ2v) is 7.97. The topological polar surface area (TPSA) is 58.6 Å². The number of hydrogen-bond acceptors (Lipinski definition) is 6. The lowest BCUT2D eigenvalue weighted by Gasteiger charge is -2.34. The zero-order chi connectivity index (χ0) is 20.2. The summed E-state index contributed by atoms with van der Waals surface area (Å²) in [7, 11) is 1.66. The average molecular weight is 429 g/mol. The number of carbonyl (C=O) groups excluding carboxylic acids is 1. The van der Waals surface area contributed by atoms with Gasteiger partial charge in [-0.1, -0.05) is 23.7 Å². The Morgan fingerprint density at radius 1 is 1.14 bits per heavy atom. The molecule has 1 amide bonds. The van der Waals surface area contributed by atoms with E-state index in [1.807, 2.05) is 29.2 Å². The number of carbonyl (C=O) groups is 1. The van der Waals surface area contributed by atoms with Crippen LogP contribution in [-0.2, 0) is 6.42 Å². The molecule has 0 unspecified atom stereocenters. The van der Waals surface area contributed by atoms with Crippen LogP contribution in [-0.4, -0.2) is 53.5 Å². The fourth-order valence-corrected chi connectivity index (χ4v) is 4.15. The van der Waals surface area contributed by atoms with Gasteiger partial charge in [-0.15, -0.1) is 0 Å². The first-order valence-electron chi connectivity index (χ1n) is 9.37. The summed E-state index contributed by atoms with van der Waals surface area (Å²) >= 11 is 7.32. The molecule has 29 heavy (non-hydrogen) atoms. The molecule has 0 aliphatic carbocycles. The molecule has 1 aromatic heterocycles. The van der Waals surface area contributed by atoms with E-state index in [0.29, 0.717) is 30.1 Å². The van der Waals surface area contributed by atoms with E-state index in [4.69, 9.17) is 21.3 Å². The first-order valence-corrected chi connectivity index (χ1v) is 10.5. The Bertz CT molecular complexity index is 984. The second kappa shape index (κ2) is 8.80. The van der Waals surface area contributed by atoms with Crippen molar-refractivity contribution in [2.45, 2.75) is 6.42 Å². The minimum absolute atomic E-state index is 0.0392. The highest BCUT2D eigenvalue weighted by Gasteiger charge is 2.24. The molecule has 6 nitrogen and oxygen atoms in total.